The molecule has 0 aliphatic heterocycles. The smallest absolute Gasteiger partial charge is 0.0989 e. The third-order valence-corrected chi connectivity index (χ3v) is 4.65. The van der Waals surface area contributed by atoms with Crippen molar-refractivity contribution >= 4 is 35.0 Å². The first-order chi connectivity index (χ1) is 10.2. The number of imidazole rings is 1. The Balaban J connectivity index is 1.99. The summed E-state index contributed by atoms with van der Waals surface area (Å²) in [5.41, 5.74) is 2.28. The number of allylic oxidation sites excluding steroid dienone is 1. The third-order valence-electron chi connectivity index (χ3n) is 4.09. The van der Waals surface area contributed by atoms with Gasteiger partial charge >= 0.3 is 0 Å². The molecule has 1 aliphatic rings. The minimum atomic E-state index is 0.569. The first-order valence-electron chi connectivity index (χ1n) is 7.39. The fraction of sp³-hybridized carbons (Fsp3) is 0.353. The normalized spacial score (nSPS) is 17.1. The number of aromatic nitrogens is 2. The maximum atomic E-state index is 6.32. The van der Waals surface area contributed by atoms with Crippen LogP contribution < -0.4 is 0 Å². The van der Waals surface area contributed by atoms with E-state index in [0.717, 1.165) is 5.56 Å². The Morgan fingerprint density at radius 2 is 2.00 bits per heavy atom. The molecule has 110 valence electrons. The van der Waals surface area contributed by atoms with Crippen molar-refractivity contribution < 1.29 is 0 Å². The van der Waals surface area contributed by atoms with E-state index in [-0.39, 0.29) is 0 Å². The summed E-state index contributed by atoms with van der Waals surface area (Å²) in [6.45, 7) is 0. The van der Waals surface area contributed by atoms with Crippen molar-refractivity contribution in [3.05, 3.63) is 52.5 Å². The van der Waals surface area contributed by atoms with E-state index < -0.39 is 0 Å². The maximum absolute atomic E-state index is 6.32. The van der Waals surface area contributed by atoms with Gasteiger partial charge in [-0.05, 0) is 42.5 Å². The SMILES string of the molecule is Clc1ccc(C=C(C2CCCCC2)n2ccnc2)c(Cl)c1. The van der Waals surface area contributed by atoms with Crippen LogP contribution in [0.3, 0.4) is 0 Å². The molecule has 2 aromatic rings. The second-order valence-corrected chi connectivity index (χ2v) is 6.38. The van der Waals surface area contributed by atoms with Crippen LogP contribution in [0.15, 0.2) is 36.9 Å². The van der Waals surface area contributed by atoms with Gasteiger partial charge in [0.25, 0.3) is 0 Å². The lowest BCUT2D eigenvalue weighted by Crippen LogP contribution is -2.12. The van der Waals surface area contributed by atoms with Gasteiger partial charge in [-0.1, -0.05) is 48.5 Å². The molecule has 0 N–H and O–H groups in total. The summed E-state index contributed by atoms with van der Waals surface area (Å²) < 4.78 is 2.11. The van der Waals surface area contributed by atoms with E-state index >= 15 is 0 Å². The summed E-state index contributed by atoms with van der Waals surface area (Å²) in [6, 6.07) is 5.65. The van der Waals surface area contributed by atoms with Crippen molar-refractivity contribution in [2.45, 2.75) is 32.1 Å². The molecule has 1 aliphatic carbocycles. The van der Waals surface area contributed by atoms with Crippen LogP contribution in [0.2, 0.25) is 10.0 Å². The largest absolute Gasteiger partial charge is 0.310 e. The van der Waals surface area contributed by atoms with Crippen molar-refractivity contribution in [1.82, 2.24) is 9.55 Å². The van der Waals surface area contributed by atoms with E-state index in [1.54, 1.807) is 6.07 Å². The zero-order chi connectivity index (χ0) is 14.7. The predicted molar refractivity (Wildman–Crippen MR) is 89.4 cm³/mol. The molecule has 0 spiro atoms. The summed E-state index contributed by atoms with van der Waals surface area (Å²) in [7, 11) is 0. The van der Waals surface area contributed by atoms with Gasteiger partial charge in [-0.15, -0.1) is 0 Å². The van der Waals surface area contributed by atoms with Crippen molar-refractivity contribution in [2.24, 2.45) is 5.92 Å². The van der Waals surface area contributed by atoms with Crippen LogP contribution in [-0.4, -0.2) is 9.55 Å². The molecular formula is C17H18Cl2N2. The Morgan fingerprint density at radius 3 is 2.67 bits per heavy atom. The Hall–Kier alpha value is -1.25. The predicted octanol–water partition coefficient (Wildman–Crippen LogP) is 5.77. The average molecular weight is 321 g/mol. The molecule has 1 fully saturated rings. The molecule has 1 aromatic heterocycles. The summed E-state index contributed by atoms with van der Waals surface area (Å²) in [6.07, 6.45) is 14.3. The highest BCUT2D eigenvalue weighted by molar-refractivity contribution is 6.35. The van der Waals surface area contributed by atoms with E-state index in [1.165, 1.54) is 37.8 Å². The average Bonchev–Trinajstić information content (AvgIpc) is 3.01. The van der Waals surface area contributed by atoms with Crippen LogP contribution in [0.5, 0.6) is 0 Å². The highest BCUT2D eigenvalue weighted by atomic mass is 35.5. The first-order valence-corrected chi connectivity index (χ1v) is 8.14. The van der Waals surface area contributed by atoms with Crippen molar-refractivity contribution in [2.75, 3.05) is 0 Å². The second-order valence-electron chi connectivity index (χ2n) is 5.54. The topological polar surface area (TPSA) is 17.8 Å². The van der Waals surface area contributed by atoms with Gasteiger partial charge < -0.3 is 4.57 Å². The molecule has 1 saturated carbocycles. The lowest BCUT2D eigenvalue weighted by Gasteiger charge is -2.25. The zero-order valence-corrected chi connectivity index (χ0v) is 13.3. The highest BCUT2D eigenvalue weighted by Gasteiger charge is 2.19. The monoisotopic (exact) mass is 320 g/mol. The Morgan fingerprint density at radius 1 is 1.19 bits per heavy atom. The van der Waals surface area contributed by atoms with E-state index in [2.05, 4.69) is 15.6 Å². The summed E-state index contributed by atoms with van der Waals surface area (Å²) in [4.78, 5) is 4.18. The Kier molecular flexibility index (Phi) is 4.67. The number of benzene rings is 1. The van der Waals surface area contributed by atoms with E-state index in [0.29, 0.717) is 16.0 Å². The molecule has 0 bridgehead atoms. The van der Waals surface area contributed by atoms with Crippen LogP contribution in [0.1, 0.15) is 37.7 Å². The zero-order valence-electron chi connectivity index (χ0n) is 11.8. The molecule has 0 saturated heterocycles. The molecular weight excluding hydrogens is 303 g/mol. The van der Waals surface area contributed by atoms with Crippen LogP contribution in [0.4, 0.5) is 0 Å². The number of hydrogen-bond donors (Lipinski definition) is 0. The van der Waals surface area contributed by atoms with Gasteiger partial charge in [0.05, 0.1) is 6.33 Å². The number of nitrogens with zero attached hydrogens (tertiary/aromatic N) is 2. The molecule has 3 rings (SSSR count). The molecule has 0 radical (unpaired) electrons. The Labute approximate surface area is 135 Å². The lowest BCUT2D eigenvalue weighted by molar-refractivity contribution is 0.421. The number of hydrogen-bond acceptors (Lipinski definition) is 1. The number of halogens is 2. The van der Waals surface area contributed by atoms with Crippen molar-refractivity contribution in [1.29, 1.82) is 0 Å². The fourth-order valence-corrected chi connectivity index (χ4v) is 3.45. The second kappa shape index (κ2) is 6.67. The number of rotatable bonds is 3. The van der Waals surface area contributed by atoms with Gasteiger partial charge in [0, 0.05) is 28.1 Å². The van der Waals surface area contributed by atoms with Crippen molar-refractivity contribution in [3.8, 4) is 0 Å². The molecule has 0 amide bonds. The van der Waals surface area contributed by atoms with Gasteiger partial charge in [-0.2, -0.15) is 0 Å². The van der Waals surface area contributed by atoms with Crippen LogP contribution >= 0.6 is 23.2 Å². The highest BCUT2D eigenvalue weighted by Crippen LogP contribution is 2.34. The fourth-order valence-electron chi connectivity index (χ4n) is 2.99. The van der Waals surface area contributed by atoms with Crippen LogP contribution in [0.25, 0.3) is 11.8 Å². The van der Waals surface area contributed by atoms with Crippen molar-refractivity contribution in [3.63, 3.8) is 0 Å². The van der Waals surface area contributed by atoms with Gasteiger partial charge in [0.1, 0.15) is 0 Å². The molecule has 0 atom stereocenters. The minimum Gasteiger partial charge on any atom is -0.310 e. The molecule has 4 heteroatoms. The van der Waals surface area contributed by atoms with E-state index in [4.69, 9.17) is 23.2 Å². The third kappa shape index (κ3) is 3.50. The van der Waals surface area contributed by atoms with E-state index in [1.807, 2.05) is 30.9 Å². The van der Waals surface area contributed by atoms with Gasteiger partial charge in [-0.25, -0.2) is 4.98 Å². The lowest BCUT2D eigenvalue weighted by atomic mass is 9.86. The van der Waals surface area contributed by atoms with Crippen LogP contribution in [-0.2, 0) is 0 Å². The van der Waals surface area contributed by atoms with Gasteiger partial charge in [0.2, 0.25) is 0 Å². The molecule has 0 unspecified atom stereocenters. The molecule has 21 heavy (non-hydrogen) atoms. The quantitative estimate of drug-likeness (QED) is 0.702. The molecule has 2 nitrogen and oxygen atoms in total. The maximum Gasteiger partial charge on any atom is 0.0989 e. The first kappa shape index (κ1) is 14.7. The van der Waals surface area contributed by atoms with Gasteiger partial charge in [-0.3, -0.25) is 0 Å². The summed E-state index contributed by atoms with van der Waals surface area (Å²) in [5, 5.41) is 1.36. The summed E-state index contributed by atoms with van der Waals surface area (Å²) >= 11 is 12.3. The van der Waals surface area contributed by atoms with Gasteiger partial charge in [0.15, 0.2) is 0 Å². The van der Waals surface area contributed by atoms with Crippen LogP contribution in [0, 0.1) is 5.92 Å². The molecule has 1 aromatic carbocycles. The summed E-state index contributed by atoms with van der Waals surface area (Å²) in [5.74, 6) is 0.569. The molecule has 1 heterocycles. The minimum absolute atomic E-state index is 0.569. The Bertz CT molecular complexity index is 626. The van der Waals surface area contributed by atoms with E-state index in [9.17, 15) is 0 Å². The standard InChI is InChI=1S/C17H18Cl2N2/c18-15-7-6-14(16(19)11-15)10-17(21-9-8-20-12-21)13-4-2-1-3-5-13/h6-13H,1-5H2.